The summed E-state index contributed by atoms with van der Waals surface area (Å²) in [6, 6.07) is 9.69. The quantitative estimate of drug-likeness (QED) is 0.356. The maximum absolute atomic E-state index is 13.7. The molecule has 1 aliphatic rings. The van der Waals surface area contributed by atoms with Crippen LogP contribution in [0.3, 0.4) is 0 Å². The third-order valence-corrected chi connectivity index (χ3v) is 6.13. The SMILES string of the molecule is Cc1cccnc1-n1nc(Cn2nnnc2C(F)(F)F)cc1C(=O)Nc1c(C)cc(C#N)cc1C(=O)NC1CC1. The number of nitrogens with zero attached hydrogens (tertiary/aromatic N) is 8. The molecule has 1 aliphatic carbocycles. The molecular weight excluding hydrogens is 529 g/mol. The minimum atomic E-state index is -4.80. The Morgan fingerprint density at radius 3 is 2.60 bits per heavy atom. The molecule has 2 amide bonds. The summed E-state index contributed by atoms with van der Waals surface area (Å²) in [4.78, 5) is 30.9. The van der Waals surface area contributed by atoms with Crippen LogP contribution < -0.4 is 10.6 Å². The Kier molecular flexibility index (Phi) is 6.76. The summed E-state index contributed by atoms with van der Waals surface area (Å²) in [5.74, 6) is -2.19. The number of carbonyl (C=O) groups is 2. The first-order chi connectivity index (χ1) is 19.0. The van der Waals surface area contributed by atoms with E-state index in [1.54, 1.807) is 26.0 Å². The number of halogens is 3. The summed E-state index contributed by atoms with van der Waals surface area (Å²) >= 11 is 0. The van der Waals surface area contributed by atoms with Crippen LogP contribution in [-0.4, -0.2) is 52.8 Å². The molecule has 3 heterocycles. The van der Waals surface area contributed by atoms with Crippen LogP contribution in [0.1, 0.15) is 61.9 Å². The highest BCUT2D eigenvalue weighted by Crippen LogP contribution is 2.28. The molecule has 0 aliphatic heterocycles. The molecule has 204 valence electrons. The zero-order valence-corrected chi connectivity index (χ0v) is 21.2. The van der Waals surface area contributed by atoms with Crippen molar-refractivity contribution in [1.29, 1.82) is 5.26 Å². The third-order valence-electron chi connectivity index (χ3n) is 6.13. The number of aromatic nitrogens is 7. The molecule has 1 fully saturated rings. The van der Waals surface area contributed by atoms with Crippen LogP contribution in [0.4, 0.5) is 18.9 Å². The van der Waals surface area contributed by atoms with Gasteiger partial charge in [-0.25, -0.2) is 14.3 Å². The first kappa shape index (κ1) is 26.5. The molecule has 0 atom stereocenters. The number of benzene rings is 1. The number of alkyl halides is 3. The number of pyridine rings is 1. The fraction of sp³-hybridized carbons (Fsp3) is 0.280. The van der Waals surface area contributed by atoms with E-state index in [1.165, 1.54) is 29.1 Å². The van der Waals surface area contributed by atoms with Crippen molar-refractivity contribution in [3.05, 3.63) is 76.0 Å². The van der Waals surface area contributed by atoms with Gasteiger partial charge in [0.1, 0.15) is 5.69 Å². The molecule has 3 aromatic heterocycles. The minimum absolute atomic E-state index is 0.0334. The van der Waals surface area contributed by atoms with E-state index in [0.29, 0.717) is 15.8 Å². The Morgan fingerprint density at radius 2 is 1.93 bits per heavy atom. The van der Waals surface area contributed by atoms with Crippen molar-refractivity contribution in [1.82, 2.24) is 40.3 Å². The van der Waals surface area contributed by atoms with Crippen molar-refractivity contribution in [2.24, 2.45) is 0 Å². The predicted molar refractivity (Wildman–Crippen MR) is 132 cm³/mol. The molecule has 5 rings (SSSR count). The number of amides is 2. The zero-order chi connectivity index (χ0) is 28.6. The lowest BCUT2D eigenvalue weighted by Crippen LogP contribution is -2.28. The summed E-state index contributed by atoms with van der Waals surface area (Å²) in [6.45, 7) is 2.90. The molecule has 0 unspecified atom stereocenters. The highest BCUT2D eigenvalue weighted by molar-refractivity contribution is 6.09. The van der Waals surface area contributed by atoms with Crippen LogP contribution in [0.2, 0.25) is 0 Å². The van der Waals surface area contributed by atoms with Gasteiger partial charge in [0.25, 0.3) is 17.6 Å². The van der Waals surface area contributed by atoms with Gasteiger partial charge >= 0.3 is 6.18 Å². The number of nitriles is 1. The van der Waals surface area contributed by atoms with Gasteiger partial charge in [0.05, 0.1) is 35.1 Å². The predicted octanol–water partition coefficient (Wildman–Crippen LogP) is 2.95. The summed E-state index contributed by atoms with van der Waals surface area (Å²) in [7, 11) is 0. The van der Waals surface area contributed by atoms with Gasteiger partial charge in [0.15, 0.2) is 5.82 Å². The summed E-state index contributed by atoms with van der Waals surface area (Å²) in [6.07, 6.45) is -1.63. The zero-order valence-electron chi connectivity index (χ0n) is 21.2. The number of tetrazole rings is 1. The van der Waals surface area contributed by atoms with Crippen LogP contribution >= 0.6 is 0 Å². The number of nitrogens with one attached hydrogen (secondary N) is 2. The van der Waals surface area contributed by atoms with E-state index in [0.717, 1.165) is 12.8 Å². The second kappa shape index (κ2) is 10.2. The van der Waals surface area contributed by atoms with E-state index in [9.17, 15) is 28.0 Å². The molecule has 1 saturated carbocycles. The first-order valence-electron chi connectivity index (χ1n) is 12.1. The average molecular weight is 551 g/mol. The number of aryl methyl sites for hydroxylation is 2. The number of carbonyl (C=O) groups excluding carboxylic acids is 2. The molecule has 2 N–H and O–H groups in total. The second-order valence-corrected chi connectivity index (χ2v) is 9.26. The van der Waals surface area contributed by atoms with E-state index in [-0.39, 0.29) is 40.1 Å². The van der Waals surface area contributed by atoms with Gasteiger partial charge in [-0.05, 0) is 72.5 Å². The lowest BCUT2D eigenvalue weighted by molar-refractivity contribution is -0.147. The van der Waals surface area contributed by atoms with Crippen LogP contribution in [-0.2, 0) is 12.7 Å². The topological polar surface area (TPSA) is 156 Å². The molecule has 1 aromatic carbocycles. The van der Waals surface area contributed by atoms with Crippen LogP contribution in [0, 0.1) is 25.2 Å². The van der Waals surface area contributed by atoms with Gasteiger partial charge in [0, 0.05) is 12.2 Å². The van der Waals surface area contributed by atoms with E-state index < -0.39 is 30.4 Å². The van der Waals surface area contributed by atoms with E-state index >= 15 is 0 Å². The number of hydrogen-bond acceptors (Lipinski definition) is 8. The number of hydrogen-bond donors (Lipinski definition) is 2. The lowest BCUT2D eigenvalue weighted by Gasteiger charge is -2.15. The fourth-order valence-corrected chi connectivity index (χ4v) is 4.06. The molecule has 0 radical (unpaired) electrons. The summed E-state index contributed by atoms with van der Waals surface area (Å²) < 4.78 is 41.7. The van der Waals surface area contributed by atoms with Crippen molar-refractivity contribution in [3.8, 4) is 11.9 Å². The molecule has 12 nitrogen and oxygen atoms in total. The Labute approximate surface area is 224 Å². The Morgan fingerprint density at radius 1 is 1.15 bits per heavy atom. The standard InChI is InChI=1S/C25H21F3N10O2/c1-13-4-3-7-30-21(13)38-19(10-17(34-38)12-37-24(25(26,27)28)33-35-36-37)23(40)32-20-14(2)8-15(11-29)9-18(20)22(39)31-16-5-6-16/h3-4,7-10,16H,5-6,12H2,1-2H3,(H,31,39)(H,32,40). The first-order valence-corrected chi connectivity index (χ1v) is 12.1. The number of anilines is 1. The normalized spacial score (nSPS) is 13.1. The van der Waals surface area contributed by atoms with Gasteiger partial charge in [0.2, 0.25) is 0 Å². The minimum Gasteiger partial charge on any atom is -0.349 e. The summed E-state index contributed by atoms with van der Waals surface area (Å²) in [5, 5.41) is 28.9. The highest BCUT2D eigenvalue weighted by Gasteiger charge is 2.38. The number of rotatable bonds is 7. The van der Waals surface area contributed by atoms with Gasteiger partial charge in [-0.3, -0.25) is 9.59 Å². The van der Waals surface area contributed by atoms with Crippen molar-refractivity contribution in [3.63, 3.8) is 0 Å². The van der Waals surface area contributed by atoms with E-state index in [4.69, 9.17) is 0 Å². The van der Waals surface area contributed by atoms with E-state index in [2.05, 4.69) is 36.2 Å². The Hall–Kier alpha value is -5.13. The molecule has 15 heteroatoms. The molecule has 4 aromatic rings. The molecule has 0 spiro atoms. The van der Waals surface area contributed by atoms with Crippen molar-refractivity contribution in [2.75, 3.05) is 5.32 Å². The van der Waals surface area contributed by atoms with Crippen LogP contribution in [0.25, 0.3) is 5.82 Å². The Bertz CT molecular complexity index is 1660. The Balaban J connectivity index is 1.54. The highest BCUT2D eigenvalue weighted by atomic mass is 19.4. The fourth-order valence-electron chi connectivity index (χ4n) is 4.06. The maximum Gasteiger partial charge on any atom is 0.453 e. The van der Waals surface area contributed by atoms with Gasteiger partial charge in [-0.2, -0.15) is 23.5 Å². The molecule has 0 saturated heterocycles. The van der Waals surface area contributed by atoms with Crippen LogP contribution in [0.5, 0.6) is 0 Å². The van der Waals surface area contributed by atoms with Gasteiger partial charge < -0.3 is 10.6 Å². The lowest BCUT2D eigenvalue weighted by atomic mass is 10.0. The van der Waals surface area contributed by atoms with Crippen LogP contribution in [0.15, 0.2) is 36.5 Å². The van der Waals surface area contributed by atoms with Gasteiger partial charge in [-0.1, -0.05) is 6.07 Å². The molecular formula is C25H21F3N10O2. The smallest absolute Gasteiger partial charge is 0.349 e. The maximum atomic E-state index is 13.7. The second-order valence-electron chi connectivity index (χ2n) is 9.26. The molecule has 40 heavy (non-hydrogen) atoms. The van der Waals surface area contributed by atoms with Crippen molar-refractivity contribution in [2.45, 2.75) is 45.5 Å². The van der Waals surface area contributed by atoms with Crippen molar-refractivity contribution >= 4 is 17.5 Å². The van der Waals surface area contributed by atoms with Crippen molar-refractivity contribution < 1.29 is 22.8 Å². The van der Waals surface area contributed by atoms with Gasteiger partial charge in [-0.15, -0.1) is 5.10 Å². The average Bonchev–Trinajstić information content (AvgIpc) is 3.41. The largest absolute Gasteiger partial charge is 0.453 e. The summed E-state index contributed by atoms with van der Waals surface area (Å²) in [5.41, 5.74) is 1.65. The monoisotopic (exact) mass is 550 g/mol. The molecule has 0 bridgehead atoms. The van der Waals surface area contributed by atoms with E-state index in [1.807, 2.05) is 6.07 Å². The third kappa shape index (κ3) is 5.37.